The molecule has 0 aliphatic heterocycles. The number of rotatable bonds is 4. The molecule has 1 aliphatic rings. The highest BCUT2D eigenvalue weighted by Crippen LogP contribution is 2.29. The van der Waals surface area contributed by atoms with Gasteiger partial charge >= 0.3 is 6.18 Å². The summed E-state index contributed by atoms with van der Waals surface area (Å²) in [7, 11) is 0. The van der Waals surface area contributed by atoms with Gasteiger partial charge in [0, 0.05) is 19.0 Å². The van der Waals surface area contributed by atoms with Crippen LogP contribution in [0.15, 0.2) is 24.3 Å². The molecule has 3 N–H and O–H groups in total. The van der Waals surface area contributed by atoms with Gasteiger partial charge in [0.15, 0.2) is 0 Å². The van der Waals surface area contributed by atoms with Gasteiger partial charge in [-0.1, -0.05) is 25.0 Å². The molecule has 3 nitrogen and oxygen atoms in total. The molecule has 1 amide bonds. The summed E-state index contributed by atoms with van der Waals surface area (Å²) in [5.74, 6) is 0.114. The predicted molar refractivity (Wildman–Crippen MR) is 77.8 cm³/mol. The van der Waals surface area contributed by atoms with Crippen molar-refractivity contribution in [2.24, 2.45) is 11.7 Å². The number of carbonyl (C=O) groups is 1. The third-order valence-electron chi connectivity index (χ3n) is 4.19. The third kappa shape index (κ3) is 4.73. The molecule has 2 unspecified atom stereocenters. The number of halogens is 3. The maximum absolute atomic E-state index is 12.4. The Hall–Kier alpha value is -1.56. The van der Waals surface area contributed by atoms with Crippen LogP contribution in [0.3, 0.4) is 0 Å². The summed E-state index contributed by atoms with van der Waals surface area (Å²) in [5.41, 5.74) is 5.97. The van der Waals surface area contributed by atoms with Crippen molar-refractivity contribution in [2.75, 3.05) is 0 Å². The Bertz CT molecular complexity index is 499. The van der Waals surface area contributed by atoms with Gasteiger partial charge in [-0.3, -0.25) is 4.79 Å². The number of benzene rings is 1. The molecular formula is C16H21F3N2O. The fourth-order valence-electron chi connectivity index (χ4n) is 2.81. The van der Waals surface area contributed by atoms with Crippen LogP contribution in [0.25, 0.3) is 0 Å². The van der Waals surface area contributed by atoms with E-state index in [1.807, 2.05) is 0 Å². The third-order valence-corrected chi connectivity index (χ3v) is 4.19. The zero-order chi connectivity index (χ0) is 16.2. The van der Waals surface area contributed by atoms with Crippen LogP contribution in [0.4, 0.5) is 13.2 Å². The van der Waals surface area contributed by atoms with Crippen LogP contribution in [0.1, 0.15) is 43.2 Å². The molecule has 0 spiro atoms. The first kappa shape index (κ1) is 16.8. The molecule has 1 saturated carbocycles. The largest absolute Gasteiger partial charge is 0.416 e. The lowest BCUT2D eigenvalue weighted by Gasteiger charge is -2.27. The van der Waals surface area contributed by atoms with Crippen LogP contribution in [0.2, 0.25) is 0 Å². The Morgan fingerprint density at radius 2 is 1.82 bits per heavy atom. The van der Waals surface area contributed by atoms with Gasteiger partial charge in [0.1, 0.15) is 0 Å². The minimum Gasteiger partial charge on any atom is -0.352 e. The molecule has 6 heteroatoms. The van der Waals surface area contributed by atoms with Gasteiger partial charge in [-0.15, -0.1) is 0 Å². The fourth-order valence-corrected chi connectivity index (χ4v) is 2.81. The smallest absolute Gasteiger partial charge is 0.352 e. The first-order chi connectivity index (χ1) is 10.4. The summed E-state index contributed by atoms with van der Waals surface area (Å²) < 4.78 is 37.3. The number of carbonyl (C=O) groups excluding carboxylic acids is 1. The molecule has 2 rings (SSSR count). The number of nitrogens with two attached hydrogens (primary N) is 1. The summed E-state index contributed by atoms with van der Waals surface area (Å²) in [6.45, 7) is 0.235. The quantitative estimate of drug-likeness (QED) is 0.896. The van der Waals surface area contributed by atoms with E-state index >= 15 is 0 Å². The van der Waals surface area contributed by atoms with Gasteiger partial charge in [0.05, 0.1) is 5.56 Å². The van der Waals surface area contributed by atoms with Crippen molar-refractivity contribution in [3.63, 3.8) is 0 Å². The van der Waals surface area contributed by atoms with E-state index in [1.165, 1.54) is 12.1 Å². The fraction of sp³-hybridized carbons (Fsp3) is 0.562. The number of hydrogen-bond acceptors (Lipinski definition) is 2. The van der Waals surface area contributed by atoms with Gasteiger partial charge in [-0.05, 0) is 36.5 Å². The van der Waals surface area contributed by atoms with Crippen LogP contribution in [-0.2, 0) is 17.5 Å². The van der Waals surface area contributed by atoms with Crippen molar-refractivity contribution in [3.8, 4) is 0 Å². The average molecular weight is 314 g/mol. The van der Waals surface area contributed by atoms with Gasteiger partial charge < -0.3 is 11.1 Å². The van der Waals surface area contributed by atoms with E-state index in [2.05, 4.69) is 5.32 Å². The predicted octanol–water partition coefficient (Wildman–Crippen LogP) is 3.23. The normalized spacial score (nSPS) is 22.4. The first-order valence-corrected chi connectivity index (χ1v) is 7.54. The first-order valence-electron chi connectivity index (χ1n) is 7.54. The van der Waals surface area contributed by atoms with Crippen LogP contribution >= 0.6 is 0 Å². The second-order valence-corrected chi connectivity index (χ2v) is 5.88. The van der Waals surface area contributed by atoms with E-state index in [0.29, 0.717) is 12.0 Å². The van der Waals surface area contributed by atoms with Gasteiger partial charge in [-0.25, -0.2) is 0 Å². The SMILES string of the molecule is NC1CCCCC1CC(=O)NCc1ccc(C(F)(F)F)cc1. The Kier molecular flexibility index (Phi) is 5.45. The second-order valence-electron chi connectivity index (χ2n) is 5.88. The van der Waals surface area contributed by atoms with Gasteiger partial charge in [0.2, 0.25) is 5.91 Å². The van der Waals surface area contributed by atoms with E-state index in [0.717, 1.165) is 37.8 Å². The number of nitrogens with one attached hydrogen (secondary N) is 1. The summed E-state index contributed by atoms with van der Waals surface area (Å²) >= 11 is 0. The Labute approximate surface area is 128 Å². The molecule has 122 valence electrons. The van der Waals surface area contributed by atoms with Crippen LogP contribution in [0.5, 0.6) is 0 Å². The molecule has 0 bridgehead atoms. The monoisotopic (exact) mass is 314 g/mol. The van der Waals surface area contributed by atoms with Crippen molar-refractivity contribution >= 4 is 5.91 Å². The van der Waals surface area contributed by atoms with E-state index in [-0.39, 0.29) is 24.4 Å². The van der Waals surface area contributed by atoms with Crippen molar-refractivity contribution in [3.05, 3.63) is 35.4 Å². The summed E-state index contributed by atoms with van der Waals surface area (Å²) in [5, 5.41) is 2.75. The Morgan fingerprint density at radius 1 is 1.18 bits per heavy atom. The molecule has 0 aromatic heterocycles. The molecule has 2 atom stereocenters. The molecule has 0 saturated heterocycles. The summed E-state index contributed by atoms with van der Waals surface area (Å²) in [6.07, 6.45) is 0.196. The van der Waals surface area contributed by atoms with E-state index in [1.54, 1.807) is 0 Å². The van der Waals surface area contributed by atoms with E-state index < -0.39 is 11.7 Å². The van der Waals surface area contributed by atoms with Crippen molar-refractivity contribution in [1.82, 2.24) is 5.32 Å². The summed E-state index contributed by atoms with van der Waals surface area (Å²) in [6, 6.07) is 4.90. The molecule has 1 fully saturated rings. The van der Waals surface area contributed by atoms with Crippen LogP contribution in [-0.4, -0.2) is 11.9 Å². The summed E-state index contributed by atoms with van der Waals surface area (Å²) in [4.78, 5) is 11.9. The van der Waals surface area contributed by atoms with Crippen molar-refractivity contribution in [2.45, 2.75) is 50.9 Å². The van der Waals surface area contributed by atoms with Crippen LogP contribution in [0, 0.1) is 5.92 Å². The standard InChI is InChI=1S/C16H21F3N2O/c17-16(18,19)13-7-5-11(6-8-13)10-21-15(22)9-12-3-1-2-4-14(12)20/h5-8,12,14H,1-4,9-10,20H2,(H,21,22). The lowest BCUT2D eigenvalue weighted by atomic mass is 9.83. The number of alkyl halides is 3. The molecule has 0 radical (unpaired) electrons. The lowest BCUT2D eigenvalue weighted by Crippen LogP contribution is -2.36. The average Bonchev–Trinajstić information content (AvgIpc) is 2.47. The zero-order valence-corrected chi connectivity index (χ0v) is 12.3. The van der Waals surface area contributed by atoms with Crippen molar-refractivity contribution < 1.29 is 18.0 Å². The maximum Gasteiger partial charge on any atom is 0.416 e. The van der Waals surface area contributed by atoms with Crippen molar-refractivity contribution in [1.29, 1.82) is 0 Å². The van der Waals surface area contributed by atoms with E-state index in [9.17, 15) is 18.0 Å². The molecule has 1 aromatic carbocycles. The minimum atomic E-state index is -4.33. The highest BCUT2D eigenvalue weighted by atomic mass is 19.4. The van der Waals surface area contributed by atoms with Crippen LogP contribution < -0.4 is 11.1 Å². The molecule has 0 heterocycles. The lowest BCUT2D eigenvalue weighted by molar-refractivity contribution is -0.137. The number of hydrogen-bond donors (Lipinski definition) is 2. The minimum absolute atomic E-state index is 0.0746. The van der Waals surface area contributed by atoms with E-state index in [4.69, 9.17) is 5.73 Å². The molecule has 1 aromatic rings. The number of amides is 1. The Morgan fingerprint density at radius 3 is 2.41 bits per heavy atom. The zero-order valence-electron chi connectivity index (χ0n) is 12.3. The highest BCUT2D eigenvalue weighted by Gasteiger charge is 2.30. The van der Waals surface area contributed by atoms with Gasteiger partial charge in [0.25, 0.3) is 0 Å². The highest BCUT2D eigenvalue weighted by molar-refractivity contribution is 5.76. The van der Waals surface area contributed by atoms with Gasteiger partial charge in [-0.2, -0.15) is 13.2 Å². The topological polar surface area (TPSA) is 55.1 Å². The molecular weight excluding hydrogens is 293 g/mol. The molecule has 1 aliphatic carbocycles. The Balaban J connectivity index is 1.81. The second kappa shape index (κ2) is 7.13. The molecule has 22 heavy (non-hydrogen) atoms. The maximum atomic E-state index is 12.4.